The number of piperidine rings is 1. The topological polar surface area (TPSA) is 140 Å². The summed E-state index contributed by atoms with van der Waals surface area (Å²) >= 11 is 0. The lowest BCUT2D eigenvalue weighted by Gasteiger charge is -2.38. The summed E-state index contributed by atoms with van der Waals surface area (Å²) in [5, 5.41) is 9.38. The fraction of sp³-hybridized carbons (Fsp3) is 0.609. The van der Waals surface area contributed by atoms with Crippen LogP contribution in [0.5, 0.6) is 0 Å². The molecule has 4 aliphatic rings. The van der Waals surface area contributed by atoms with Gasteiger partial charge in [-0.3, -0.25) is 14.5 Å². The quantitative estimate of drug-likeness (QED) is 0.543. The van der Waals surface area contributed by atoms with Gasteiger partial charge in [0, 0.05) is 25.2 Å². The van der Waals surface area contributed by atoms with E-state index in [9.17, 15) is 23.3 Å². The first-order chi connectivity index (χ1) is 16.2. The van der Waals surface area contributed by atoms with E-state index in [1.807, 2.05) is 22.8 Å². The lowest BCUT2D eigenvalue weighted by Crippen LogP contribution is -2.57. The molecule has 0 spiro atoms. The van der Waals surface area contributed by atoms with E-state index in [-0.39, 0.29) is 47.4 Å². The van der Waals surface area contributed by atoms with Crippen molar-refractivity contribution in [2.75, 3.05) is 20.1 Å². The van der Waals surface area contributed by atoms with Crippen LogP contribution in [0.15, 0.2) is 29.2 Å². The number of nitrogens with two attached hydrogens (primary N) is 1. The first kappa shape index (κ1) is 23.2. The number of sulfonamides is 1. The Morgan fingerprint density at radius 3 is 2.76 bits per heavy atom. The molecule has 0 aromatic heterocycles. The second-order valence-electron chi connectivity index (χ2n) is 9.86. The Balaban J connectivity index is 1.25. The number of nitrogens with one attached hydrogen (secondary N) is 1. The highest BCUT2D eigenvalue weighted by Crippen LogP contribution is 2.48. The molecule has 4 fully saturated rings. The van der Waals surface area contributed by atoms with Crippen molar-refractivity contribution in [2.45, 2.75) is 67.3 Å². The molecule has 3 heterocycles. The van der Waals surface area contributed by atoms with Crippen LogP contribution in [0.4, 0.5) is 0 Å². The van der Waals surface area contributed by atoms with Crippen molar-refractivity contribution in [2.24, 2.45) is 11.7 Å². The molecule has 1 aliphatic carbocycles. The summed E-state index contributed by atoms with van der Waals surface area (Å²) in [5.41, 5.74) is 7.03. The maximum absolute atomic E-state index is 13.3. The number of fused-ring (bicyclic) bond motifs is 3. The van der Waals surface area contributed by atoms with Crippen molar-refractivity contribution in [1.29, 1.82) is 5.26 Å². The van der Waals surface area contributed by atoms with Gasteiger partial charge in [-0.2, -0.15) is 5.26 Å². The number of benzene rings is 1. The molecule has 5 rings (SSSR count). The number of piperazine rings is 1. The second kappa shape index (κ2) is 8.30. The smallest absolute Gasteiger partial charge is 0.242 e. The van der Waals surface area contributed by atoms with Crippen molar-refractivity contribution < 1.29 is 18.0 Å². The van der Waals surface area contributed by atoms with Gasteiger partial charge in [-0.1, -0.05) is 12.1 Å². The van der Waals surface area contributed by atoms with Gasteiger partial charge < -0.3 is 15.5 Å². The summed E-state index contributed by atoms with van der Waals surface area (Å²) in [7, 11) is -2.21. The zero-order chi connectivity index (χ0) is 24.4. The molecular formula is C23H30N6O4S. The minimum Gasteiger partial charge on any atom is -0.330 e. The molecule has 2 amide bonds. The highest BCUT2D eigenvalue weighted by atomic mass is 32.2. The summed E-state index contributed by atoms with van der Waals surface area (Å²) in [6, 6.07) is 7.23. The van der Waals surface area contributed by atoms with Crippen molar-refractivity contribution in [3.8, 4) is 6.07 Å². The van der Waals surface area contributed by atoms with E-state index in [0.29, 0.717) is 18.9 Å². The molecule has 3 N–H and O–H groups in total. The SMILES string of the molecule is CNS(=O)(=O)c1cccc([C@@H](C)N2C(=O)[C@H]3C[C@@H]2CN3C[C@H](N)C(=O)N2C3C[C@H]3C[C@H]2C#N)c1. The number of rotatable bonds is 7. The third-order valence-electron chi connectivity index (χ3n) is 7.91. The Kier molecular flexibility index (Phi) is 5.67. The Morgan fingerprint density at radius 2 is 2.09 bits per heavy atom. The van der Waals surface area contributed by atoms with Crippen LogP contribution in [-0.4, -0.2) is 85.3 Å². The minimum atomic E-state index is -3.58. The zero-order valence-corrected chi connectivity index (χ0v) is 20.1. The highest BCUT2D eigenvalue weighted by molar-refractivity contribution is 7.89. The normalized spacial score (nSPS) is 31.9. The van der Waals surface area contributed by atoms with Gasteiger partial charge in [0.2, 0.25) is 21.8 Å². The molecule has 2 bridgehead atoms. The Morgan fingerprint density at radius 1 is 1.32 bits per heavy atom. The molecule has 182 valence electrons. The molecule has 3 aliphatic heterocycles. The Hall–Kier alpha value is -2.52. The molecule has 1 saturated carbocycles. The summed E-state index contributed by atoms with van der Waals surface area (Å²) < 4.78 is 26.7. The Labute approximate surface area is 199 Å². The fourth-order valence-electron chi connectivity index (χ4n) is 6.03. The van der Waals surface area contributed by atoms with Crippen molar-refractivity contribution in [3.05, 3.63) is 29.8 Å². The van der Waals surface area contributed by atoms with E-state index in [1.165, 1.54) is 13.1 Å². The number of nitriles is 1. The Bertz CT molecular complexity index is 1170. The molecule has 7 atom stereocenters. The summed E-state index contributed by atoms with van der Waals surface area (Å²) in [6.45, 7) is 2.81. The number of carbonyl (C=O) groups is 2. The van der Waals surface area contributed by atoms with Gasteiger partial charge in [0.15, 0.2) is 0 Å². The van der Waals surface area contributed by atoms with E-state index in [2.05, 4.69) is 10.8 Å². The first-order valence-electron chi connectivity index (χ1n) is 11.7. The lowest BCUT2D eigenvalue weighted by molar-refractivity contribution is -0.141. The molecule has 11 heteroatoms. The number of likely N-dealkylation sites (tertiary alicyclic amines) is 3. The number of hydrogen-bond donors (Lipinski definition) is 2. The maximum Gasteiger partial charge on any atom is 0.242 e. The summed E-state index contributed by atoms with van der Waals surface area (Å²) in [4.78, 5) is 31.9. The van der Waals surface area contributed by atoms with Gasteiger partial charge in [0.05, 0.1) is 29.1 Å². The number of amides is 2. The number of nitrogens with zero attached hydrogens (tertiary/aromatic N) is 4. The van der Waals surface area contributed by atoms with Crippen LogP contribution in [0.2, 0.25) is 0 Å². The van der Waals surface area contributed by atoms with E-state index < -0.39 is 22.1 Å². The summed E-state index contributed by atoms with van der Waals surface area (Å²) in [5.74, 6) is 0.213. The predicted molar refractivity (Wildman–Crippen MR) is 122 cm³/mol. The van der Waals surface area contributed by atoms with Gasteiger partial charge in [-0.15, -0.1) is 0 Å². The van der Waals surface area contributed by atoms with E-state index in [0.717, 1.165) is 18.4 Å². The van der Waals surface area contributed by atoms with Gasteiger partial charge in [-0.05, 0) is 56.8 Å². The van der Waals surface area contributed by atoms with Crippen LogP contribution in [0.1, 0.15) is 37.8 Å². The third kappa shape index (κ3) is 3.69. The van der Waals surface area contributed by atoms with E-state index >= 15 is 0 Å². The van der Waals surface area contributed by atoms with Gasteiger partial charge in [-0.25, -0.2) is 13.1 Å². The van der Waals surface area contributed by atoms with Gasteiger partial charge in [0.1, 0.15) is 6.04 Å². The molecule has 1 aromatic rings. The number of carbonyl (C=O) groups excluding carboxylic acids is 2. The molecule has 3 saturated heterocycles. The molecular weight excluding hydrogens is 456 g/mol. The molecule has 0 radical (unpaired) electrons. The van der Waals surface area contributed by atoms with Crippen LogP contribution in [0.25, 0.3) is 0 Å². The average molecular weight is 487 g/mol. The summed E-state index contributed by atoms with van der Waals surface area (Å²) in [6.07, 6.45) is 2.34. The highest BCUT2D eigenvalue weighted by Gasteiger charge is 2.56. The van der Waals surface area contributed by atoms with Crippen molar-refractivity contribution in [1.82, 2.24) is 19.4 Å². The van der Waals surface area contributed by atoms with E-state index in [4.69, 9.17) is 5.73 Å². The average Bonchev–Trinajstić information content (AvgIpc) is 3.15. The zero-order valence-electron chi connectivity index (χ0n) is 19.3. The molecule has 1 aromatic carbocycles. The largest absolute Gasteiger partial charge is 0.330 e. The van der Waals surface area contributed by atoms with E-state index in [1.54, 1.807) is 17.0 Å². The monoisotopic (exact) mass is 486 g/mol. The van der Waals surface area contributed by atoms with Crippen molar-refractivity contribution >= 4 is 21.8 Å². The third-order valence-corrected chi connectivity index (χ3v) is 9.32. The van der Waals surface area contributed by atoms with Crippen LogP contribution in [0, 0.1) is 17.2 Å². The molecule has 10 nitrogen and oxygen atoms in total. The first-order valence-corrected chi connectivity index (χ1v) is 13.2. The van der Waals surface area contributed by atoms with Crippen LogP contribution in [0.3, 0.4) is 0 Å². The predicted octanol–water partition coefficient (Wildman–Crippen LogP) is -0.219. The standard InChI is InChI=1S/C23H30N6O4S/c1-13(14-4-3-5-18(7-14)34(32,33)26-2)28-17-9-21(23(28)31)27(11-17)12-19(25)22(30)29-16(10-24)6-15-8-20(15)29/h3-5,7,13,15-17,19-21,26H,6,8-9,11-12,25H2,1-2H3/t13-,15-,16+,17-,19+,20?,21-/m1/s1. The maximum atomic E-state index is 13.3. The van der Waals surface area contributed by atoms with Crippen LogP contribution < -0.4 is 10.5 Å². The molecule has 34 heavy (non-hydrogen) atoms. The fourth-order valence-corrected chi connectivity index (χ4v) is 6.81. The minimum absolute atomic E-state index is 0.0224. The van der Waals surface area contributed by atoms with Gasteiger partial charge in [0.25, 0.3) is 0 Å². The number of hydrogen-bond acceptors (Lipinski definition) is 7. The van der Waals surface area contributed by atoms with Gasteiger partial charge >= 0.3 is 0 Å². The van der Waals surface area contributed by atoms with Crippen LogP contribution in [-0.2, 0) is 19.6 Å². The lowest BCUT2D eigenvalue weighted by atomic mass is 10.1. The second-order valence-corrected chi connectivity index (χ2v) is 11.7. The van der Waals surface area contributed by atoms with Crippen LogP contribution >= 0.6 is 0 Å². The van der Waals surface area contributed by atoms with Crippen molar-refractivity contribution in [3.63, 3.8) is 0 Å². The molecule has 1 unspecified atom stereocenters.